The summed E-state index contributed by atoms with van der Waals surface area (Å²) in [6.07, 6.45) is 3.33. The predicted molar refractivity (Wildman–Crippen MR) is 115 cm³/mol. The number of carbonyl (C=O) groups is 2. The number of nitrogens with zero attached hydrogens (tertiary/aromatic N) is 5. The zero-order chi connectivity index (χ0) is 21.5. The molecular formula is C22H22N6O3. The molecule has 9 nitrogen and oxygen atoms in total. The fraction of sp³-hybridized carbons (Fsp3) is 0.318. The van der Waals surface area contributed by atoms with E-state index in [1.165, 1.54) is 0 Å². The van der Waals surface area contributed by atoms with Gasteiger partial charge in [-0.05, 0) is 36.8 Å². The van der Waals surface area contributed by atoms with Gasteiger partial charge in [0.2, 0.25) is 0 Å². The number of hydrogen-bond donors (Lipinski definition) is 1. The summed E-state index contributed by atoms with van der Waals surface area (Å²) in [6.45, 7) is 2.78. The van der Waals surface area contributed by atoms with Gasteiger partial charge < -0.3 is 15.5 Å². The molecule has 2 N–H and O–H groups in total. The second kappa shape index (κ2) is 7.50. The van der Waals surface area contributed by atoms with Crippen molar-refractivity contribution in [2.24, 2.45) is 5.73 Å². The number of rotatable bonds is 3. The highest BCUT2D eigenvalue weighted by Gasteiger charge is 2.25. The Bertz CT molecular complexity index is 1260. The third-order valence-corrected chi connectivity index (χ3v) is 5.98. The first-order chi connectivity index (χ1) is 15.0. The molecule has 5 rings (SSSR count). The summed E-state index contributed by atoms with van der Waals surface area (Å²) in [6, 6.07) is 8.45. The molecule has 2 aromatic heterocycles. The molecule has 0 spiro atoms. The normalized spacial score (nSPS) is 15.9. The third-order valence-electron chi connectivity index (χ3n) is 5.98. The number of piperazine rings is 1. The number of nitrogens with two attached hydrogens (primary N) is 1. The van der Waals surface area contributed by atoms with Crippen LogP contribution in [0.15, 0.2) is 41.3 Å². The van der Waals surface area contributed by atoms with Crippen LogP contribution in [0.1, 0.15) is 33.0 Å². The maximum atomic E-state index is 13.1. The van der Waals surface area contributed by atoms with Crippen molar-refractivity contribution in [2.45, 2.75) is 19.4 Å². The quantitative estimate of drug-likeness (QED) is 0.673. The Hall–Kier alpha value is -3.75. The van der Waals surface area contributed by atoms with E-state index in [2.05, 4.69) is 9.97 Å². The van der Waals surface area contributed by atoms with Crippen molar-refractivity contribution in [1.29, 1.82) is 0 Å². The van der Waals surface area contributed by atoms with Crippen molar-refractivity contribution >= 4 is 28.5 Å². The van der Waals surface area contributed by atoms with Crippen molar-refractivity contribution in [3.8, 4) is 0 Å². The highest BCUT2D eigenvalue weighted by Crippen LogP contribution is 2.21. The van der Waals surface area contributed by atoms with Crippen LogP contribution in [0, 0.1) is 0 Å². The van der Waals surface area contributed by atoms with Crippen LogP contribution < -0.4 is 16.2 Å². The monoisotopic (exact) mass is 418 g/mol. The minimum atomic E-state index is -0.521. The number of primary amides is 1. The molecular weight excluding hydrogens is 396 g/mol. The highest BCUT2D eigenvalue weighted by atomic mass is 16.2. The lowest BCUT2D eigenvalue weighted by Crippen LogP contribution is -2.49. The maximum absolute atomic E-state index is 13.1. The lowest BCUT2D eigenvalue weighted by atomic mass is 10.1. The van der Waals surface area contributed by atoms with Crippen molar-refractivity contribution in [3.05, 3.63) is 63.8 Å². The fourth-order valence-electron chi connectivity index (χ4n) is 4.36. The number of hydrogen-bond acceptors (Lipinski definition) is 6. The van der Waals surface area contributed by atoms with E-state index in [0.29, 0.717) is 60.6 Å². The van der Waals surface area contributed by atoms with Crippen LogP contribution in [0.5, 0.6) is 0 Å². The molecule has 2 aliphatic heterocycles. The molecule has 3 aromatic rings. The molecule has 4 heterocycles. The summed E-state index contributed by atoms with van der Waals surface area (Å²) >= 11 is 0. The largest absolute Gasteiger partial charge is 0.365 e. The summed E-state index contributed by atoms with van der Waals surface area (Å²) < 4.78 is 1.72. The Morgan fingerprint density at radius 3 is 2.61 bits per heavy atom. The first-order valence-electron chi connectivity index (χ1n) is 10.4. The van der Waals surface area contributed by atoms with Crippen molar-refractivity contribution in [2.75, 3.05) is 31.1 Å². The topological polar surface area (TPSA) is 114 Å². The number of carbonyl (C=O) groups excluding carboxylic acids is 2. The van der Waals surface area contributed by atoms with Gasteiger partial charge in [-0.1, -0.05) is 0 Å². The van der Waals surface area contributed by atoms with E-state index in [1.54, 1.807) is 46.0 Å². The zero-order valence-electron chi connectivity index (χ0n) is 17.0. The maximum Gasteiger partial charge on any atom is 0.261 e. The number of aryl methyl sites for hydroxylation is 1. The van der Waals surface area contributed by atoms with Crippen molar-refractivity contribution in [1.82, 2.24) is 19.4 Å². The molecule has 2 amide bonds. The molecule has 0 bridgehead atoms. The Kier molecular flexibility index (Phi) is 4.65. The average molecular weight is 418 g/mol. The first kappa shape index (κ1) is 19.2. The number of aromatic nitrogens is 3. The molecule has 0 unspecified atom stereocenters. The van der Waals surface area contributed by atoms with Crippen molar-refractivity contribution in [3.63, 3.8) is 0 Å². The molecule has 0 atom stereocenters. The van der Waals surface area contributed by atoms with Crippen LogP contribution in [0.4, 0.5) is 5.82 Å². The van der Waals surface area contributed by atoms with Gasteiger partial charge in [-0.25, -0.2) is 9.97 Å². The van der Waals surface area contributed by atoms with Crippen LogP contribution >= 0.6 is 0 Å². The molecule has 1 fully saturated rings. The van der Waals surface area contributed by atoms with Crippen LogP contribution in [-0.2, 0) is 13.0 Å². The molecule has 158 valence electrons. The minimum absolute atomic E-state index is 0.0364. The van der Waals surface area contributed by atoms with Crippen LogP contribution in [-0.4, -0.2) is 57.4 Å². The predicted octanol–water partition coefficient (Wildman–Crippen LogP) is 0.799. The van der Waals surface area contributed by atoms with Gasteiger partial charge in [0, 0.05) is 50.9 Å². The molecule has 1 saturated heterocycles. The molecule has 31 heavy (non-hydrogen) atoms. The summed E-state index contributed by atoms with van der Waals surface area (Å²) in [5.74, 6) is 0.718. The van der Waals surface area contributed by atoms with Crippen LogP contribution in [0.25, 0.3) is 10.9 Å². The molecule has 9 heteroatoms. The second-order valence-electron chi connectivity index (χ2n) is 7.84. The number of anilines is 1. The summed E-state index contributed by atoms with van der Waals surface area (Å²) in [7, 11) is 0. The lowest BCUT2D eigenvalue weighted by molar-refractivity contribution is 0.0746. The SMILES string of the molecule is NC(=O)c1cccnc1N1CCN(C(=O)c2ccc3c(=O)n4c(nc3c2)CCC4)CC1. The Labute approximate surface area is 178 Å². The van der Waals surface area contributed by atoms with E-state index in [4.69, 9.17) is 5.73 Å². The summed E-state index contributed by atoms with van der Waals surface area (Å²) in [5, 5.41) is 0.543. The van der Waals surface area contributed by atoms with Gasteiger partial charge in [-0.15, -0.1) is 0 Å². The highest BCUT2D eigenvalue weighted by molar-refractivity contribution is 5.99. The van der Waals surface area contributed by atoms with E-state index in [1.807, 2.05) is 4.90 Å². The van der Waals surface area contributed by atoms with E-state index >= 15 is 0 Å². The number of fused-ring (bicyclic) bond motifs is 2. The van der Waals surface area contributed by atoms with E-state index in [-0.39, 0.29) is 11.5 Å². The zero-order valence-corrected chi connectivity index (χ0v) is 17.0. The van der Waals surface area contributed by atoms with Gasteiger partial charge >= 0.3 is 0 Å². The number of benzene rings is 1. The third kappa shape index (κ3) is 3.31. The van der Waals surface area contributed by atoms with Crippen LogP contribution in [0.3, 0.4) is 0 Å². The number of pyridine rings is 1. The number of amides is 2. The lowest BCUT2D eigenvalue weighted by Gasteiger charge is -2.36. The van der Waals surface area contributed by atoms with E-state index in [0.717, 1.165) is 18.7 Å². The van der Waals surface area contributed by atoms with Gasteiger partial charge in [0.05, 0.1) is 16.5 Å². The van der Waals surface area contributed by atoms with Gasteiger partial charge in [0.1, 0.15) is 11.6 Å². The van der Waals surface area contributed by atoms with E-state index < -0.39 is 5.91 Å². The average Bonchev–Trinajstić information content (AvgIpc) is 3.27. The molecule has 2 aliphatic rings. The van der Waals surface area contributed by atoms with Gasteiger partial charge in [0.15, 0.2) is 0 Å². The van der Waals surface area contributed by atoms with E-state index in [9.17, 15) is 14.4 Å². The Morgan fingerprint density at radius 1 is 1.03 bits per heavy atom. The van der Waals surface area contributed by atoms with Gasteiger partial charge in [0.25, 0.3) is 17.4 Å². The molecule has 0 radical (unpaired) electrons. The minimum Gasteiger partial charge on any atom is -0.365 e. The smallest absolute Gasteiger partial charge is 0.261 e. The molecule has 1 aromatic carbocycles. The van der Waals surface area contributed by atoms with Gasteiger partial charge in [-0.3, -0.25) is 19.0 Å². The summed E-state index contributed by atoms with van der Waals surface area (Å²) in [5.41, 5.74) is 6.89. The standard InChI is InChI=1S/C22H22N6O3/c23-19(29)16-3-1-7-24-20(16)26-9-11-27(12-10-26)21(30)14-5-6-15-17(13-14)25-18-4-2-8-28(18)22(15)31/h1,3,5-7,13H,2,4,8-12H2,(H2,23,29). The van der Waals surface area contributed by atoms with Gasteiger partial charge in [-0.2, -0.15) is 0 Å². The van der Waals surface area contributed by atoms with Crippen molar-refractivity contribution < 1.29 is 9.59 Å². The Morgan fingerprint density at radius 2 is 1.84 bits per heavy atom. The fourth-order valence-corrected chi connectivity index (χ4v) is 4.36. The molecule has 0 saturated carbocycles. The molecule has 0 aliphatic carbocycles. The Balaban J connectivity index is 1.35. The second-order valence-corrected chi connectivity index (χ2v) is 7.84. The first-order valence-corrected chi connectivity index (χ1v) is 10.4. The summed E-state index contributed by atoms with van der Waals surface area (Å²) in [4.78, 5) is 50.1. The van der Waals surface area contributed by atoms with Crippen LogP contribution in [0.2, 0.25) is 0 Å².